The van der Waals surface area contributed by atoms with Crippen LogP contribution in [0.4, 0.5) is 13.2 Å². The smallest absolute Gasteiger partial charge is 0.224 e. The molecule has 24 heavy (non-hydrogen) atoms. The van der Waals surface area contributed by atoms with Crippen LogP contribution in [0, 0.1) is 5.92 Å². The predicted molar refractivity (Wildman–Crippen MR) is 86.9 cm³/mol. The van der Waals surface area contributed by atoms with Crippen molar-refractivity contribution < 1.29 is 30.0 Å². The zero-order valence-corrected chi connectivity index (χ0v) is 16.4. The molecule has 11 heteroatoms. The lowest BCUT2D eigenvalue weighted by atomic mass is 10.2. The van der Waals surface area contributed by atoms with Crippen LogP contribution < -0.4 is 0 Å². The Morgan fingerprint density at radius 1 is 1.17 bits per heavy atom. The fraction of sp³-hybridized carbons (Fsp3) is 0.538. The van der Waals surface area contributed by atoms with Crippen LogP contribution >= 0.6 is 15.9 Å². The van der Waals surface area contributed by atoms with Gasteiger partial charge in [0.15, 0.2) is 9.84 Å². The van der Waals surface area contributed by atoms with E-state index in [1.54, 1.807) is 13.8 Å². The van der Waals surface area contributed by atoms with Crippen LogP contribution in [-0.2, 0) is 19.9 Å². The third-order valence-corrected chi connectivity index (χ3v) is 6.79. The molecule has 0 aliphatic rings. The summed E-state index contributed by atoms with van der Waals surface area (Å²) < 4.78 is 87.1. The first-order valence-corrected chi connectivity index (χ1v) is 10.8. The Kier molecular flexibility index (Phi) is 6.51. The molecule has 0 saturated heterocycles. The van der Waals surface area contributed by atoms with Gasteiger partial charge in [-0.3, -0.25) is 0 Å². The highest BCUT2D eigenvalue weighted by atomic mass is 79.9. The molecule has 0 atom stereocenters. The normalized spacial score (nSPS) is 13.7. The average Bonchev–Trinajstić information content (AvgIpc) is 2.34. The van der Waals surface area contributed by atoms with Crippen molar-refractivity contribution in [2.24, 2.45) is 5.92 Å². The summed E-state index contributed by atoms with van der Waals surface area (Å²) in [5.41, 5.74) is 0. The standard InChI is InChI=1S/C13H17BrF3NO4S2/c1-9(2)7-18(8-13(15,16)17)24(21,22)12-6-10(23(3,19)20)4-5-11(12)14/h4-6,9H,7-8H2,1-3H3. The SMILES string of the molecule is CC(C)CN(CC(F)(F)F)S(=O)(=O)c1cc(S(C)(=O)=O)ccc1Br. The highest BCUT2D eigenvalue weighted by Crippen LogP contribution is 2.30. The van der Waals surface area contributed by atoms with Crippen molar-refractivity contribution in [2.75, 3.05) is 19.3 Å². The molecule has 1 rings (SSSR count). The first kappa shape index (κ1) is 21.4. The van der Waals surface area contributed by atoms with Crippen molar-refractivity contribution in [3.63, 3.8) is 0 Å². The molecule has 5 nitrogen and oxygen atoms in total. The van der Waals surface area contributed by atoms with E-state index in [0.717, 1.165) is 12.3 Å². The molecule has 0 N–H and O–H groups in total. The number of benzene rings is 1. The van der Waals surface area contributed by atoms with Crippen LogP contribution in [0.5, 0.6) is 0 Å². The average molecular weight is 452 g/mol. The van der Waals surface area contributed by atoms with Crippen molar-refractivity contribution in [1.82, 2.24) is 4.31 Å². The summed E-state index contributed by atoms with van der Waals surface area (Å²) in [7, 11) is -8.25. The van der Waals surface area contributed by atoms with E-state index in [1.807, 2.05) is 0 Å². The van der Waals surface area contributed by atoms with Gasteiger partial charge in [0.05, 0.1) is 9.79 Å². The summed E-state index contributed by atoms with van der Waals surface area (Å²) in [6, 6.07) is 3.22. The summed E-state index contributed by atoms with van der Waals surface area (Å²) in [5.74, 6) is -0.348. The lowest BCUT2D eigenvalue weighted by molar-refractivity contribution is -0.136. The number of hydrogen-bond acceptors (Lipinski definition) is 4. The van der Waals surface area contributed by atoms with Gasteiger partial charge in [-0.25, -0.2) is 16.8 Å². The maximum Gasteiger partial charge on any atom is 0.402 e. The van der Waals surface area contributed by atoms with Crippen LogP contribution in [-0.4, -0.2) is 46.7 Å². The highest BCUT2D eigenvalue weighted by Gasteiger charge is 2.38. The van der Waals surface area contributed by atoms with Crippen LogP contribution in [0.2, 0.25) is 0 Å². The van der Waals surface area contributed by atoms with Gasteiger partial charge in [0.2, 0.25) is 10.0 Å². The molecule has 0 radical (unpaired) electrons. The fourth-order valence-electron chi connectivity index (χ4n) is 1.91. The summed E-state index contributed by atoms with van der Waals surface area (Å²) in [6.45, 7) is 1.17. The minimum Gasteiger partial charge on any atom is -0.224 e. The Balaban J connectivity index is 3.49. The first-order valence-electron chi connectivity index (χ1n) is 6.71. The Hall–Kier alpha value is -0.650. The van der Waals surface area contributed by atoms with Crippen LogP contribution in [0.1, 0.15) is 13.8 Å². The largest absolute Gasteiger partial charge is 0.402 e. The maximum atomic E-state index is 12.8. The number of alkyl halides is 3. The van der Waals surface area contributed by atoms with Gasteiger partial charge in [0, 0.05) is 17.3 Å². The molecule has 0 spiro atoms. The lowest BCUT2D eigenvalue weighted by Gasteiger charge is -2.25. The molecule has 0 unspecified atom stereocenters. The molecule has 1 aromatic rings. The van der Waals surface area contributed by atoms with E-state index in [0.29, 0.717) is 4.31 Å². The Bertz CT molecular complexity index is 805. The Labute approximate surface area is 147 Å². The number of hydrogen-bond donors (Lipinski definition) is 0. The summed E-state index contributed by atoms with van der Waals surface area (Å²) >= 11 is 2.97. The quantitative estimate of drug-likeness (QED) is 0.666. The Morgan fingerprint density at radius 2 is 1.71 bits per heavy atom. The zero-order valence-electron chi connectivity index (χ0n) is 13.1. The van der Waals surface area contributed by atoms with Gasteiger partial charge in [-0.1, -0.05) is 13.8 Å². The maximum absolute atomic E-state index is 12.8. The van der Waals surface area contributed by atoms with E-state index < -0.39 is 37.5 Å². The van der Waals surface area contributed by atoms with Crippen molar-refractivity contribution in [2.45, 2.75) is 29.8 Å². The highest BCUT2D eigenvalue weighted by molar-refractivity contribution is 9.10. The van der Waals surface area contributed by atoms with Crippen molar-refractivity contribution in [3.05, 3.63) is 22.7 Å². The number of rotatable bonds is 6. The monoisotopic (exact) mass is 451 g/mol. The van der Waals surface area contributed by atoms with E-state index in [2.05, 4.69) is 15.9 Å². The lowest BCUT2D eigenvalue weighted by Crippen LogP contribution is -2.41. The number of sulfonamides is 1. The summed E-state index contributed by atoms with van der Waals surface area (Å²) in [4.78, 5) is -0.809. The van der Waals surface area contributed by atoms with Gasteiger partial charge in [-0.15, -0.1) is 0 Å². The minimum atomic E-state index is -4.72. The van der Waals surface area contributed by atoms with Gasteiger partial charge < -0.3 is 0 Å². The first-order chi connectivity index (χ1) is 10.6. The molecule has 0 heterocycles. The minimum absolute atomic E-state index is 0.00849. The zero-order chi connectivity index (χ0) is 18.9. The molecule has 0 fully saturated rings. The molecular formula is C13H17BrF3NO4S2. The third-order valence-electron chi connectivity index (χ3n) is 2.87. The topological polar surface area (TPSA) is 71.5 Å². The summed E-state index contributed by atoms with van der Waals surface area (Å²) in [6.07, 6.45) is -3.84. The fourth-order valence-corrected chi connectivity index (χ4v) is 5.17. The van der Waals surface area contributed by atoms with Crippen molar-refractivity contribution >= 4 is 35.8 Å². The van der Waals surface area contributed by atoms with Gasteiger partial charge in [-0.2, -0.15) is 17.5 Å². The summed E-state index contributed by atoms with van der Waals surface area (Å²) in [5, 5.41) is 0. The van der Waals surface area contributed by atoms with Gasteiger partial charge in [-0.05, 0) is 40.0 Å². The van der Waals surface area contributed by atoms with E-state index in [1.165, 1.54) is 12.1 Å². The van der Waals surface area contributed by atoms with E-state index in [-0.39, 0.29) is 21.8 Å². The molecule has 138 valence electrons. The molecule has 0 aliphatic heterocycles. The van der Waals surface area contributed by atoms with Gasteiger partial charge >= 0.3 is 6.18 Å². The van der Waals surface area contributed by atoms with Crippen LogP contribution in [0.3, 0.4) is 0 Å². The van der Waals surface area contributed by atoms with Crippen molar-refractivity contribution in [1.29, 1.82) is 0 Å². The van der Waals surface area contributed by atoms with E-state index >= 15 is 0 Å². The molecule has 0 aromatic heterocycles. The third kappa shape index (κ3) is 5.71. The van der Waals surface area contributed by atoms with Crippen LogP contribution in [0.25, 0.3) is 0 Å². The number of sulfone groups is 1. The van der Waals surface area contributed by atoms with E-state index in [4.69, 9.17) is 0 Å². The molecule has 0 bridgehead atoms. The van der Waals surface area contributed by atoms with Crippen LogP contribution in [0.15, 0.2) is 32.5 Å². The van der Waals surface area contributed by atoms with Gasteiger partial charge in [0.1, 0.15) is 6.54 Å². The van der Waals surface area contributed by atoms with Crippen molar-refractivity contribution in [3.8, 4) is 0 Å². The van der Waals surface area contributed by atoms with E-state index in [9.17, 15) is 30.0 Å². The second-order valence-electron chi connectivity index (χ2n) is 5.67. The Morgan fingerprint density at radius 3 is 2.12 bits per heavy atom. The molecule has 1 aromatic carbocycles. The molecule has 0 aliphatic carbocycles. The number of halogens is 4. The predicted octanol–water partition coefficient (Wildman–Crippen LogP) is 3.06. The van der Waals surface area contributed by atoms with Gasteiger partial charge in [0.25, 0.3) is 0 Å². The second-order valence-corrected chi connectivity index (χ2v) is 10.4. The molecule has 0 saturated carbocycles. The molecular weight excluding hydrogens is 435 g/mol. The second kappa shape index (κ2) is 7.30. The number of nitrogens with zero attached hydrogens (tertiary/aromatic N) is 1. The molecule has 0 amide bonds.